The van der Waals surface area contributed by atoms with Crippen molar-refractivity contribution < 1.29 is 31.9 Å². The molecule has 0 aromatic heterocycles. The fourth-order valence-corrected chi connectivity index (χ4v) is 1.55. The van der Waals surface area contributed by atoms with E-state index in [-0.39, 0.29) is 16.7 Å². The molecular formula is C11H9F5O2. The zero-order chi connectivity index (χ0) is 14.3. The SMILES string of the molecule is Cc1c(C(=O)O)ccc(C(F)(F)C(F)(F)F)c1C. The maximum absolute atomic E-state index is 13.2. The van der Waals surface area contributed by atoms with E-state index in [9.17, 15) is 26.7 Å². The summed E-state index contributed by atoms with van der Waals surface area (Å²) < 4.78 is 63.0. The van der Waals surface area contributed by atoms with Gasteiger partial charge in [0.25, 0.3) is 0 Å². The van der Waals surface area contributed by atoms with Crippen molar-refractivity contribution >= 4 is 5.97 Å². The van der Waals surface area contributed by atoms with Gasteiger partial charge in [-0.25, -0.2) is 4.79 Å². The van der Waals surface area contributed by atoms with E-state index in [1.165, 1.54) is 6.92 Å². The average molecular weight is 268 g/mol. The van der Waals surface area contributed by atoms with Crippen LogP contribution in [0.25, 0.3) is 0 Å². The molecule has 0 saturated carbocycles. The monoisotopic (exact) mass is 268 g/mol. The summed E-state index contributed by atoms with van der Waals surface area (Å²) in [7, 11) is 0. The van der Waals surface area contributed by atoms with E-state index >= 15 is 0 Å². The van der Waals surface area contributed by atoms with Crippen molar-refractivity contribution in [1.29, 1.82) is 0 Å². The minimum Gasteiger partial charge on any atom is -0.478 e. The molecule has 1 aromatic rings. The van der Waals surface area contributed by atoms with Crippen molar-refractivity contribution in [2.45, 2.75) is 25.9 Å². The van der Waals surface area contributed by atoms with Gasteiger partial charge >= 0.3 is 18.1 Å². The highest BCUT2D eigenvalue weighted by Gasteiger charge is 2.59. The molecule has 0 heterocycles. The van der Waals surface area contributed by atoms with Crippen LogP contribution in [0.5, 0.6) is 0 Å². The highest BCUT2D eigenvalue weighted by molar-refractivity contribution is 5.89. The first kappa shape index (κ1) is 14.4. The molecule has 0 aliphatic heterocycles. The van der Waals surface area contributed by atoms with Gasteiger partial charge in [-0.1, -0.05) is 6.07 Å². The second-order valence-corrected chi connectivity index (χ2v) is 3.79. The molecule has 0 amide bonds. The topological polar surface area (TPSA) is 37.3 Å². The smallest absolute Gasteiger partial charge is 0.458 e. The predicted molar refractivity (Wildman–Crippen MR) is 52.8 cm³/mol. The Morgan fingerprint density at radius 2 is 1.56 bits per heavy atom. The van der Waals surface area contributed by atoms with Gasteiger partial charge in [0.1, 0.15) is 0 Å². The lowest BCUT2D eigenvalue weighted by molar-refractivity contribution is -0.289. The summed E-state index contributed by atoms with van der Waals surface area (Å²) in [5, 5.41) is 8.73. The fraction of sp³-hybridized carbons (Fsp3) is 0.364. The number of rotatable bonds is 2. The first-order valence-electron chi connectivity index (χ1n) is 4.78. The average Bonchev–Trinajstić information content (AvgIpc) is 2.19. The predicted octanol–water partition coefficient (Wildman–Crippen LogP) is 3.66. The van der Waals surface area contributed by atoms with Crippen LogP contribution in [-0.2, 0) is 5.92 Å². The van der Waals surface area contributed by atoms with Crippen LogP contribution in [0.4, 0.5) is 22.0 Å². The van der Waals surface area contributed by atoms with E-state index in [0.29, 0.717) is 6.07 Å². The summed E-state index contributed by atoms with van der Waals surface area (Å²) in [5.74, 6) is -6.38. The Kier molecular flexibility index (Phi) is 3.38. The fourth-order valence-electron chi connectivity index (χ4n) is 1.55. The number of hydrogen-bond acceptors (Lipinski definition) is 1. The van der Waals surface area contributed by atoms with Gasteiger partial charge in [0, 0.05) is 5.56 Å². The molecule has 0 aliphatic carbocycles. The maximum atomic E-state index is 13.2. The number of halogens is 5. The number of carboxylic acid groups (broad SMARTS) is 1. The second-order valence-electron chi connectivity index (χ2n) is 3.79. The zero-order valence-corrected chi connectivity index (χ0v) is 9.40. The Balaban J connectivity index is 3.47. The van der Waals surface area contributed by atoms with Gasteiger partial charge in [0.15, 0.2) is 0 Å². The molecule has 1 rings (SSSR count). The summed E-state index contributed by atoms with van der Waals surface area (Å²) >= 11 is 0. The van der Waals surface area contributed by atoms with Crippen LogP contribution < -0.4 is 0 Å². The zero-order valence-electron chi connectivity index (χ0n) is 9.40. The van der Waals surface area contributed by atoms with Gasteiger partial charge in [-0.2, -0.15) is 22.0 Å². The van der Waals surface area contributed by atoms with Crippen LogP contribution in [0.3, 0.4) is 0 Å². The van der Waals surface area contributed by atoms with E-state index < -0.39 is 23.6 Å². The van der Waals surface area contributed by atoms with E-state index in [0.717, 1.165) is 13.0 Å². The Morgan fingerprint density at radius 1 is 1.06 bits per heavy atom. The van der Waals surface area contributed by atoms with Crippen molar-refractivity contribution in [1.82, 2.24) is 0 Å². The third-order valence-corrected chi connectivity index (χ3v) is 2.71. The van der Waals surface area contributed by atoms with Gasteiger partial charge in [-0.05, 0) is 31.0 Å². The van der Waals surface area contributed by atoms with Gasteiger partial charge in [-0.15, -0.1) is 0 Å². The van der Waals surface area contributed by atoms with Crippen LogP contribution in [0.1, 0.15) is 27.0 Å². The van der Waals surface area contributed by atoms with Gasteiger partial charge < -0.3 is 5.11 Å². The Hall–Kier alpha value is -1.66. The number of hydrogen-bond donors (Lipinski definition) is 1. The molecule has 7 heteroatoms. The number of aromatic carboxylic acids is 1. The highest BCUT2D eigenvalue weighted by atomic mass is 19.4. The molecule has 2 nitrogen and oxygen atoms in total. The maximum Gasteiger partial charge on any atom is 0.458 e. The molecule has 18 heavy (non-hydrogen) atoms. The summed E-state index contributed by atoms with van der Waals surface area (Å²) in [6.07, 6.45) is -5.71. The standard InChI is InChI=1S/C11H9F5O2/c1-5-6(2)8(4-3-7(5)9(17)18)10(12,13)11(14,15)16/h3-4H,1-2H3,(H,17,18). The number of alkyl halides is 5. The summed E-state index contributed by atoms with van der Waals surface area (Å²) in [5.41, 5.74) is -2.01. The van der Waals surface area contributed by atoms with Crippen LogP contribution >= 0.6 is 0 Å². The normalized spacial score (nSPS) is 12.6. The molecule has 0 unspecified atom stereocenters. The van der Waals surface area contributed by atoms with Crippen LogP contribution in [0, 0.1) is 13.8 Å². The second kappa shape index (κ2) is 4.22. The Morgan fingerprint density at radius 3 is 1.94 bits per heavy atom. The quantitative estimate of drug-likeness (QED) is 0.831. The molecule has 0 bridgehead atoms. The van der Waals surface area contributed by atoms with E-state index in [1.54, 1.807) is 0 Å². The Labute approximate surface area is 99.0 Å². The van der Waals surface area contributed by atoms with Crippen LogP contribution in [-0.4, -0.2) is 17.3 Å². The van der Waals surface area contributed by atoms with Gasteiger partial charge in [0.2, 0.25) is 0 Å². The van der Waals surface area contributed by atoms with Gasteiger partial charge in [-0.3, -0.25) is 0 Å². The third kappa shape index (κ3) is 2.16. The third-order valence-electron chi connectivity index (χ3n) is 2.71. The first-order valence-corrected chi connectivity index (χ1v) is 4.78. The molecular weight excluding hydrogens is 259 g/mol. The summed E-state index contributed by atoms with van der Waals surface area (Å²) in [4.78, 5) is 10.7. The summed E-state index contributed by atoms with van der Waals surface area (Å²) in [6, 6.07) is 1.25. The Bertz CT molecular complexity index is 491. The van der Waals surface area contributed by atoms with Crippen molar-refractivity contribution in [2.24, 2.45) is 0 Å². The number of carbonyl (C=O) groups is 1. The minimum absolute atomic E-state index is 0.107. The van der Waals surface area contributed by atoms with E-state index in [2.05, 4.69) is 0 Å². The molecule has 0 atom stereocenters. The van der Waals surface area contributed by atoms with Gasteiger partial charge in [0.05, 0.1) is 5.56 Å². The van der Waals surface area contributed by atoms with Crippen molar-refractivity contribution in [3.05, 3.63) is 34.4 Å². The summed E-state index contributed by atoms with van der Waals surface area (Å²) in [6.45, 7) is 2.23. The first-order chi connectivity index (χ1) is 8.00. The molecule has 0 radical (unpaired) electrons. The van der Waals surface area contributed by atoms with E-state index in [1.807, 2.05) is 0 Å². The lowest BCUT2D eigenvalue weighted by atomic mass is 9.94. The molecule has 0 fully saturated rings. The van der Waals surface area contributed by atoms with Crippen LogP contribution in [0.2, 0.25) is 0 Å². The van der Waals surface area contributed by atoms with Crippen molar-refractivity contribution in [3.63, 3.8) is 0 Å². The molecule has 0 saturated heterocycles. The lowest BCUT2D eigenvalue weighted by Crippen LogP contribution is -2.34. The number of carboxylic acids is 1. The molecule has 100 valence electrons. The molecule has 1 N–H and O–H groups in total. The van der Waals surface area contributed by atoms with E-state index in [4.69, 9.17) is 5.11 Å². The largest absolute Gasteiger partial charge is 0.478 e. The minimum atomic E-state index is -5.71. The van der Waals surface area contributed by atoms with Crippen molar-refractivity contribution in [2.75, 3.05) is 0 Å². The van der Waals surface area contributed by atoms with Crippen molar-refractivity contribution in [3.8, 4) is 0 Å². The molecule has 1 aromatic carbocycles. The molecule has 0 aliphatic rings. The van der Waals surface area contributed by atoms with Crippen LogP contribution in [0.15, 0.2) is 12.1 Å². The number of benzene rings is 1. The molecule has 0 spiro atoms. The lowest BCUT2D eigenvalue weighted by Gasteiger charge is -2.23. The highest BCUT2D eigenvalue weighted by Crippen LogP contribution is 2.45.